The summed E-state index contributed by atoms with van der Waals surface area (Å²) in [7, 11) is 2.09. The molecule has 4 heterocycles. The average molecular weight is 492 g/mol. The molecular formula is C26H33N7O3. The zero-order valence-electron chi connectivity index (χ0n) is 20.5. The number of H-pyrrole nitrogens is 1. The summed E-state index contributed by atoms with van der Waals surface area (Å²) in [5, 5.41) is 23.1. The number of pyridine rings is 1. The summed E-state index contributed by atoms with van der Waals surface area (Å²) in [6.45, 7) is 1.91. The molecule has 36 heavy (non-hydrogen) atoms. The van der Waals surface area contributed by atoms with Gasteiger partial charge < -0.3 is 30.1 Å². The number of carbonyl (C=O) groups excluding carboxylic acids is 1. The van der Waals surface area contributed by atoms with Crippen LogP contribution in [0.15, 0.2) is 23.0 Å². The van der Waals surface area contributed by atoms with Gasteiger partial charge in [-0.05, 0) is 88.9 Å². The molecular weight excluding hydrogens is 458 g/mol. The van der Waals surface area contributed by atoms with Crippen molar-refractivity contribution in [1.82, 2.24) is 30.3 Å². The van der Waals surface area contributed by atoms with Gasteiger partial charge in [0.1, 0.15) is 5.65 Å². The number of hydrogen-bond acceptors (Lipinski definition) is 8. The van der Waals surface area contributed by atoms with E-state index in [2.05, 4.69) is 42.7 Å². The molecule has 4 bridgehead atoms. The molecule has 10 heteroatoms. The second-order valence-electron chi connectivity index (χ2n) is 11.6. The molecule has 5 aliphatic rings. The number of nitrogens with zero attached hydrogens (tertiary/aromatic N) is 4. The lowest BCUT2D eigenvalue weighted by atomic mass is 9.52. The first-order valence-corrected chi connectivity index (χ1v) is 13.2. The number of aliphatic hydroxyl groups is 1. The number of nitrogens with one attached hydrogen (secondary N) is 3. The van der Waals surface area contributed by atoms with Gasteiger partial charge in [-0.2, -0.15) is 4.98 Å². The zero-order valence-corrected chi connectivity index (χ0v) is 20.5. The Kier molecular flexibility index (Phi) is 5.11. The first-order chi connectivity index (χ1) is 17.4. The molecule has 4 saturated carbocycles. The maximum absolute atomic E-state index is 12.8. The van der Waals surface area contributed by atoms with Crippen molar-refractivity contribution < 1.29 is 14.4 Å². The molecule has 190 valence electrons. The maximum Gasteiger partial charge on any atom is 0.316 e. The molecule has 1 saturated heterocycles. The molecule has 0 radical (unpaired) electrons. The van der Waals surface area contributed by atoms with E-state index >= 15 is 0 Å². The zero-order chi connectivity index (χ0) is 24.4. The van der Waals surface area contributed by atoms with Gasteiger partial charge in [0.2, 0.25) is 5.82 Å². The van der Waals surface area contributed by atoms with E-state index in [1.807, 2.05) is 12.3 Å². The van der Waals surface area contributed by atoms with Crippen LogP contribution in [-0.2, 0) is 0 Å². The van der Waals surface area contributed by atoms with E-state index in [4.69, 9.17) is 4.52 Å². The third kappa shape index (κ3) is 3.78. The molecule has 5 atom stereocenters. The molecule has 1 aliphatic heterocycles. The largest absolute Gasteiger partial charge is 0.390 e. The number of aromatic nitrogens is 4. The van der Waals surface area contributed by atoms with Crippen LogP contribution in [0.3, 0.4) is 0 Å². The fraction of sp³-hybridized carbons (Fsp3) is 0.615. The van der Waals surface area contributed by atoms with E-state index in [1.165, 1.54) is 0 Å². The number of aromatic amines is 1. The Morgan fingerprint density at radius 1 is 1.22 bits per heavy atom. The van der Waals surface area contributed by atoms with Crippen LogP contribution in [0.5, 0.6) is 0 Å². The molecule has 5 fully saturated rings. The van der Waals surface area contributed by atoms with Gasteiger partial charge in [-0.3, -0.25) is 4.79 Å². The van der Waals surface area contributed by atoms with Crippen molar-refractivity contribution in [2.24, 2.45) is 17.8 Å². The summed E-state index contributed by atoms with van der Waals surface area (Å²) in [6.07, 6.45) is 10.4. The average Bonchev–Trinajstić information content (AvgIpc) is 3.52. The Bertz CT molecular complexity index is 1280. The molecule has 3 aromatic rings. The minimum atomic E-state index is -0.483. The van der Waals surface area contributed by atoms with E-state index < -0.39 is 5.60 Å². The summed E-state index contributed by atoms with van der Waals surface area (Å²) < 4.78 is 5.41. The number of hydrogen-bond donors (Lipinski definition) is 4. The lowest BCUT2D eigenvalue weighted by Gasteiger charge is -2.58. The Hall–Kier alpha value is -2.98. The predicted molar refractivity (Wildman–Crippen MR) is 133 cm³/mol. The lowest BCUT2D eigenvalue weighted by Crippen LogP contribution is -2.59. The minimum absolute atomic E-state index is 0.0270. The fourth-order valence-corrected chi connectivity index (χ4v) is 7.54. The second-order valence-corrected chi connectivity index (χ2v) is 11.6. The highest BCUT2D eigenvalue weighted by molar-refractivity contribution is 5.97. The highest BCUT2D eigenvalue weighted by Gasteiger charge is 2.54. The summed E-state index contributed by atoms with van der Waals surface area (Å²) in [6, 6.07) is 2.40. The third-order valence-corrected chi connectivity index (χ3v) is 9.05. The van der Waals surface area contributed by atoms with E-state index in [0.29, 0.717) is 23.6 Å². The molecule has 0 spiro atoms. The number of likely N-dealkylation sites (tertiary alicyclic amines) is 1. The van der Waals surface area contributed by atoms with E-state index in [0.717, 1.165) is 80.3 Å². The normalized spacial score (nSPS) is 32.3. The van der Waals surface area contributed by atoms with E-state index in [9.17, 15) is 9.90 Å². The van der Waals surface area contributed by atoms with Crippen LogP contribution in [-0.4, -0.2) is 73.8 Å². The molecule has 8 rings (SSSR count). The van der Waals surface area contributed by atoms with Crippen LogP contribution in [0.25, 0.3) is 22.4 Å². The molecule has 1 unspecified atom stereocenters. The van der Waals surface area contributed by atoms with E-state index in [1.54, 1.807) is 6.20 Å². The van der Waals surface area contributed by atoms with Gasteiger partial charge in [0, 0.05) is 29.9 Å². The van der Waals surface area contributed by atoms with E-state index in [-0.39, 0.29) is 23.9 Å². The molecule has 0 aromatic carbocycles. The van der Waals surface area contributed by atoms with Crippen molar-refractivity contribution in [1.29, 1.82) is 0 Å². The highest BCUT2D eigenvalue weighted by Crippen LogP contribution is 2.56. The Morgan fingerprint density at radius 2 is 2.00 bits per heavy atom. The predicted octanol–water partition coefficient (Wildman–Crippen LogP) is 2.79. The summed E-state index contributed by atoms with van der Waals surface area (Å²) in [4.78, 5) is 27.3. The molecule has 3 aromatic heterocycles. The fourth-order valence-electron chi connectivity index (χ4n) is 7.54. The number of fused-ring (bicyclic) bond motifs is 1. The Labute approximate surface area is 209 Å². The van der Waals surface area contributed by atoms with Crippen LogP contribution in [0.4, 0.5) is 5.69 Å². The first-order valence-electron chi connectivity index (χ1n) is 13.2. The van der Waals surface area contributed by atoms with Gasteiger partial charge in [-0.15, -0.1) is 0 Å². The van der Waals surface area contributed by atoms with Gasteiger partial charge in [0.25, 0.3) is 0 Å². The number of piperidine rings is 1. The maximum atomic E-state index is 12.8. The van der Waals surface area contributed by atoms with Gasteiger partial charge in [-0.25, -0.2) is 4.98 Å². The van der Waals surface area contributed by atoms with Crippen molar-refractivity contribution in [2.75, 3.05) is 25.5 Å². The van der Waals surface area contributed by atoms with Gasteiger partial charge in [0.15, 0.2) is 0 Å². The number of carbonyl (C=O) groups is 1. The number of amides is 1. The number of rotatable bonds is 5. The van der Waals surface area contributed by atoms with Crippen LogP contribution in [0, 0.1) is 17.8 Å². The minimum Gasteiger partial charge on any atom is -0.390 e. The monoisotopic (exact) mass is 491 g/mol. The van der Waals surface area contributed by atoms with Crippen LogP contribution in [0.2, 0.25) is 0 Å². The SMILES string of the molecule is CN1CCC(NC(=O)c2nc(-c3cnc4[nH]ccc4c3N[C@H]3[C@@H]4CC5C[C@H]3C[C@@](O)(C5)C4)no2)CC1. The summed E-state index contributed by atoms with van der Waals surface area (Å²) >= 11 is 0. The number of anilines is 1. The molecule has 10 nitrogen and oxygen atoms in total. The van der Waals surface area contributed by atoms with Gasteiger partial charge in [0.05, 0.1) is 16.9 Å². The van der Waals surface area contributed by atoms with Crippen molar-refractivity contribution in [3.63, 3.8) is 0 Å². The van der Waals surface area contributed by atoms with Gasteiger partial charge in [-0.1, -0.05) is 5.16 Å². The smallest absolute Gasteiger partial charge is 0.316 e. The van der Waals surface area contributed by atoms with Crippen molar-refractivity contribution in [2.45, 2.75) is 62.6 Å². The Morgan fingerprint density at radius 3 is 2.75 bits per heavy atom. The van der Waals surface area contributed by atoms with Crippen LogP contribution >= 0.6 is 0 Å². The van der Waals surface area contributed by atoms with Crippen LogP contribution < -0.4 is 10.6 Å². The summed E-state index contributed by atoms with van der Waals surface area (Å²) in [5.74, 6) is 1.51. The molecule has 1 amide bonds. The van der Waals surface area contributed by atoms with Gasteiger partial charge >= 0.3 is 11.8 Å². The standard InChI is InChI=1S/C26H33N7O3/c1-33-6-3-17(4-7-33)29-24(34)25-31-23(32-36-25)19-13-28-22-18(2-5-27-22)21(19)30-20-15-8-14-9-16(20)12-26(35,10-14)11-15/h2,5,13-17,20,35H,3-4,6-12H2,1H3,(H,29,34)(H2,27,28,30)/t14?,15-,16+,20+,26-. The van der Waals surface area contributed by atoms with Crippen molar-refractivity contribution in [3.8, 4) is 11.4 Å². The Balaban J connectivity index is 1.17. The first kappa shape index (κ1) is 22.2. The van der Waals surface area contributed by atoms with Crippen molar-refractivity contribution in [3.05, 3.63) is 24.4 Å². The third-order valence-electron chi connectivity index (χ3n) is 9.05. The van der Waals surface area contributed by atoms with Crippen molar-refractivity contribution >= 4 is 22.6 Å². The second kappa shape index (κ2) is 8.27. The van der Waals surface area contributed by atoms with Crippen LogP contribution in [0.1, 0.15) is 55.6 Å². The lowest BCUT2D eigenvalue weighted by molar-refractivity contribution is -0.129. The quantitative estimate of drug-likeness (QED) is 0.428. The summed E-state index contributed by atoms with van der Waals surface area (Å²) in [5.41, 5.74) is 1.93. The molecule has 4 aliphatic carbocycles. The highest BCUT2D eigenvalue weighted by atomic mass is 16.5. The topological polar surface area (TPSA) is 132 Å². The molecule has 4 N–H and O–H groups in total.